The average molecular weight is 718 g/mol. The van der Waals surface area contributed by atoms with E-state index in [1.165, 1.54) is 55.6 Å². The van der Waals surface area contributed by atoms with Crippen molar-refractivity contribution in [2.45, 2.75) is 13.8 Å². The number of rotatable bonds is 7. The summed E-state index contributed by atoms with van der Waals surface area (Å²) in [6, 6.07) is 70.7. The first-order chi connectivity index (χ1) is 27.2. The van der Waals surface area contributed by atoms with Crippen LogP contribution in [-0.2, 0) is 6.42 Å². The quantitative estimate of drug-likeness (QED) is 0.165. The molecule has 0 unspecified atom stereocenters. The maximum absolute atomic E-state index is 5.06. The number of benzene rings is 8. The van der Waals surface area contributed by atoms with Crippen LogP contribution >= 0.6 is 0 Å². The summed E-state index contributed by atoms with van der Waals surface area (Å²) in [6.45, 7) is 0. The van der Waals surface area contributed by atoms with Crippen molar-refractivity contribution in [1.82, 2.24) is 15.0 Å². The highest BCUT2D eigenvalue weighted by molar-refractivity contribution is 5.90. The Morgan fingerprint density at radius 3 is 1.12 bits per heavy atom. The Morgan fingerprint density at radius 1 is 0.250 bits per heavy atom. The van der Waals surface area contributed by atoms with Crippen LogP contribution in [0.1, 0.15) is 18.6 Å². The standard InChI is InChI=1S/C52H35N3.CH4/c1-4-14-35(15-5-1)40-20-10-22-42(32-40)45-25-13-27-47-46-26-12-24-44(48(46)34-49(45)47)37-28-30-39(31-29-37)51-53-50(38-18-8-3-9-19-38)54-52(55-51)43-23-11-21-41(33-43)36-16-6-2-7-17-36;/h1-33H,34H2;1H4. The van der Waals surface area contributed by atoms with Gasteiger partial charge < -0.3 is 0 Å². The van der Waals surface area contributed by atoms with Crippen LogP contribution in [0.15, 0.2) is 200 Å². The number of fused-ring (bicyclic) bond motifs is 3. The molecule has 3 nitrogen and oxygen atoms in total. The first-order valence-corrected chi connectivity index (χ1v) is 18.7. The van der Waals surface area contributed by atoms with Gasteiger partial charge in [-0.1, -0.05) is 195 Å². The van der Waals surface area contributed by atoms with Gasteiger partial charge in [0.2, 0.25) is 0 Å². The molecule has 8 aromatic carbocycles. The van der Waals surface area contributed by atoms with Gasteiger partial charge >= 0.3 is 0 Å². The second-order valence-electron chi connectivity index (χ2n) is 14.0. The van der Waals surface area contributed by atoms with E-state index in [1.807, 2.05) is 36.4 Å². The van der Waals surface area contributed by atoms with E-state index < -0.39 is 0 Å². The number of nitrogens with zero attached hydrogens (tertiary/aromatic N) is 3. The highest BCUT2D eigenvalue weighted by atomic mass is 15.0. The molecule has 0 saturated heterocycles. The first kappa shape index (κ1) is 34.5. The SMILES string of the molecule is C.c1ccc(-c2cccc(-c3nc(-c4ccccc4)nc(-c4ccc(-c5cccc6c5Cc5c(-c7cccc(-c8ccccc8)c7)cccc5-6)cc4)n3)c2)cc1. The molecule has 1 heterocycles. The van der Waals surface area contributed by atoms with Crippen LogP contribution in [0, 0.1) is 0 Å². The van der Waals surface area contributed by atoms with Gasteiger partial charge in [0.15, 0.2) is 17.5 Å². The molecule has 1 aliphatic carbocycles. The third kappa shape index (κ3) is 6.50. The summed E-state index contributed by atoms with van der Waals surface area (Å²) in [7, 11) is 0. The van der Waals surface area contributed by atoms with Gasteiger partial charge in [0.25, 0.3) is 0 Å². The zero-order valence-corrected chi connectivity index (χ0v) is 30.1. The van der Waals surface area contributed by atoms with Crippen LogP contribution in [0.5, 0.6) is 0 Å². The van der Waals surface area contributed by atoms with Crippen molar-refractivity contribution < 1.29 is 0 Å². The van der Waals surface area contributed by atoms with E-state index in [-0.39, 0.29) is 7.43 Å². The summed E-state index contributed by atoms with van der Waals surface area (Å²) in [5.41, 5.74) is 17.9. The Bertz CT molecular complexity index is 2810. The van der Waals surface area contributed by atoms with Gasteiger partial charge in [0, 0.05) is 16.7 Å². The summed E-state index contributed by atoms with van der Waals surface area (Å²) in [5, 5.41) is 0. The Kier molecular flexibility index (Phi) is 9.18. The van der Waals surface area contributed by atoms with Crippen molar-refractivity contribution >= 4 is 0 Å². The second kappa shape index (κ2) is 14.9. The van der Waals surface area contributed by atoms with Gasteiger partial charge in [0.05, 0.1) is 0 Å². The van der Waals surface area contributed by atoms with E-state index in [0.29, 0.717) is 17.5 Å². The Morgan fingerprint density at radius 2 is 0.589 bits per heavy atom. The molecule has 0 amide bonds. The lowest BCUT2D eigenvalue weighted by Gasteiger charge is -2.12. The van der Waals surface area contributed by atoms with Crippen molar-refractivity contribution in [2.75, 3.05) is 0 Å². The fraction of sp³-hybridized carbons (Fsp3) is 0.0377. The second-order valence-corrected chi connectivity index (χ2v) is 14.0. The minimum Gasteiger partial charge on any atom is -0.208 e. The number of aromatic nitrogens is 3. The van der Waals surface area contributed by atoms with Crippen molar-refractivity contribution in [2.24, 2.45) is 0 Å². The van der Waals surface area contributed by atoms with Crippen LogP contribution in [0.25, 0.3) is 89.8 Å². The molecule has 266 valence electrons. The van der Waals surface area contributed by atoms with E-state index in [0.717, 1.165) is 34.2 Å². The van der Waals surface area contributed by atoms with Crippen LogP contribution in [0.3, 0.4) is 0 Å². The van der Waals surface area contributed by atoms with E-state index >= 15 is 0 Å². The normalized spacial score (nSPS) is 11.4. The molecule has 9 aromatic rings. The Hall–Kier alpha value is -7.23. The molecular weight excluding hydrogens is 679 g/mol. The van der Waals surface area contributed by atoms with Crippen molar-refractivity contribution in [1.29, 1.82) is 0 Å². The van der Waals surface area contributed by atoms with Gasteiger partial charge in [-0.15, -0.1) is 0 Å². The molecule has 1 aliphatic rings. The van der Waals surface area contributed by atoms with Gasteiger partial charge in [-0.05, 0) is 85.3 Å². The smallest absolute Gasteiger partial charge is 0.164 e. The topological polar surface area (TPSA) is 38.7 Å². The molecule has 10 rings (SSSR count). The molecule has 1 aromatic heterocycles. The lowest BCUT2D eigenvalue weighted by molar-refractivity contribution is 1.07. The molecule has 0 radical (unpaired) electrons. The van der Waals surface area contributed by atoms with E-state index in [1.54, 1.807) is 0 Å². The molecule has 0 fully saturated rings. The summed E-state index contributed by atoms with van der Waals surface area (Å²) < 4.78 is 0. The summed E-state index contributed by atoms with van der Waals surface area (Å²) in [5.74, 6) is 1.95. The predicted octanol–water partition coefficient (Wildman–Crippen LogP) is 13.7. The molecule has 0 bridgehead atoms. The fourth-order valence-electron chi connectivity index (χ4n) is 7.89. The monoisotopic (exact) mass is 717 g/mol. The van der Waals surface area contributed by atoms with Crippen molar-refractivity contribution in [3.05, 3.63) is 211 Å². The predicted molar refractivity (Wildman–Crippen MR) is 233 cm³/mol. The van der Waals surface area contributed by atoms with Gasteiger partial charge in [-0.3, -0.25) is 0 Å². The maximum Gasteiger partial charge on any atom is 0.164 e. The molecule has 0 spiro atoms. The minimum absolute atomic E-state index is 0. The lowest BCUT2D eigenvalue weighted by Crippen LogP contribution is -2.00. The highest BCUT2D eigenvalue weighted by Gasteiger charge is 2.24. The largest absolute Gasteiger partial charge is 0.208 e. The van der Waals surface area contributed by atoms with Crippen molar-refractivity contribution in [3.8, 4) is 89.8 Å². The van der Waals surface area contributed by atoms with Crippen LogP contribution in [0.2, 0.25) is 0 Å². The molecular formula is C53H39N3. The van der Waals surface area contributed by atoms with Gasteiger partial charge in [-0.25, -0.2) is 15.0 Å². The molecule has 0 N–H and O–H groups in total. The molecule has 56 heavy (non-hydrogen) atoms. The summed E-state index contributed by atoms with van der Waals surface area (Å²) >= 11 is 0. The third-order valence-electron chi connectivity index (χ3n) is 10.6. The van der Waals surface area contributed by atoms with Crippen molar-refractivity contribution in [3.63, 3.8) is 0 Å². The maximum atomic E-state index is 5.06. The average Bonchev–Trinajstić information content (AvgIpc) is 3.67. The highest BCUT2D eigenvalue weighted by Crippen LogP contribution is 2.45. The summed E-state index contributed by atoms with van der Waals surface area (Å²) in [6.07, 6.45) is 0.883. The number of hydrogen-bond donors (Lipinski definition) is 0. The Balaban J connectivity index is 0.00000410. The summed E-state index contributed by atoms with van der Waals surface area (Å²) in [4.78, 5) is 15.1. The van der Waals surface area contributed by atoms with Crippen LogP contribution in [0.4, 0.5) is 0 Å². The first-order valence-electron chi connectivity index (χ1n) is 18.7. The fourth-order valence-corrected chi connectivity index (χ4v) is 7.89. The van der Waals surface area contributed by atoms with Gasteiger partial charge in [0.1, 0.15) is 0 Å². The molecule has 0 saturated carbocycles. The molecule has 0 atom stereocenters. The van der Waals surface area contributed by atoms with E-state index in [9.17, 15) is 0 Å². The van der Waals surface area contributed by atoms with E-state index in [2.05, 4.69) is 164 Å². The zero-order valence-electron chi connectivity index (χ0n) is 30.1. The van der Waals surface area contributed by atoms with Gasteiger partial charge in [-0.2, -0.15) is 0 Å². The number of hydrogen-bond acceptors (Lipinski definition) is 3. The molecule has 3 heteroatoms. The molecule has 0 aliphatic heterocycles. The zero-order chi connectivity index (χ0) is 36.6. The van der Waals surface area contributed by atoms with Crippen LogP contribution in [-0.4, -0.2) is 15.0 Å². The third-order valence-corrected chi connectivity index (χ3v) is 10.6. The van der Waals surface area contributed by atoms with Crippen LogP contribution < -0.4 is 0 Å². The Labute approximate surface area is 328 Å². The minimum atomic E-state index is 0. The lowest BCUT2D eigenvalue weighted by atomic mass is 9.93. The van der Waals surface area contributed by atoms with E-state index in [4.69, 9.17) is 15.0 Å².